The minimum atomic E-state index is -0.286. The second-order valence-corrected chi connectivity index (χ2v) is 7.98. The van der Waals surface area contributed by atoms with Gasteiger partial charge in [0.15, 0.2) is 5.69 Å². The number of anilines is 1. The summed E-state index contributed by atoms with van der Waals surface area (Å²) in [7, 11) is 0. The first-order chi connectivity index (χ1) is 16.5. The highest BCUT2D eigenvalue weighted by Gasteiger charge is 2.28. The quantitative estimate of drug-likeness (QED) is 0.314. The molecule has 5 rings (SSSR count). The second kappa shape index (κ2) is 8.92. The van der Waals surface area contributed by atoms with E-state index in [-0.39, 0.29) is 22.7 Å². The van der Waals surface area contributed by atoms with Crippen molar-refractivity contribution in [2.75, 3.05) is 18.3 Å². The number of hydrogen-bond donors (Lipinski definition) is 4. The fourth-order valence-electron chi connectivity index (χ4n) is 4.03. The smallest absolute Gasteiger partial charge is 0.272 e. The van der Waals surface area contributed by atoms with E-state index in [1.54, 1.807) is 35.2 Å². The van der Waals surface area contributed by atoms with E-state index in [0.717, 1.165) is 16.8 Å². The number of fused-ring (bicyclic) bond motifs is 2. The highest BCUT2D eigenvalue weighted by Crippen LogP contribution is 2.22. The van der Waals surface area contributed by atoms with Crippen LogP contribution in [0.1, 0.15) is 37.7 Å². The molecule has 0 bridgehead atoms. The molecule has 2 amide bonds. The first-order valence-electron chi connectivity index (χ1n) is 10.7. The van der Waals surface area contributed by atoms with E-state index in [1.165, 1.54) is 12.1 Å². The third-order valence-electron chi connectivity index (χ3n) is 5.86. The number of rotatable bonds is 6. The van der Waals surface area contributed by atoms with Gasteiger partial charge in [-0.25, -0.2) is 0 Å². The molecule has 0 radical (unpaired) electrons. The number of hydrogen-bond acceptors (Lipinski definition) is 8. The molecular weight excluding hydrogens is 440 g/mol. The molecule has 12 nitrogen and oxygen atoms in total. The lowest BCUT2D eigenvalue weighted by atomic mass is 10.0. The normalized spacial score (nSPS) is 13.1. The zero-order chi connectivity index (χ0) is 23.7. The monoisotopic (exact) mass is 461 g/mol. The van der Waals surface area contributed by atoms with Gasteiger partial charge in [-0.1, -0.05) is 12.1 Å². The summed E-state index contributed by atoms with van der Waals surface area (Å²) in [4.78, 5) is 27.4. The highest BCUT2D eigenvalue weighted by atomic mass is 16.8. The predicted octanol–water partition coefficient (Wildman–Crippen LogP) is 1.55. The van der Waals surface area contributed by atoms with Gasteiger partial charge in [-0.3, -0.25) is 19.9 Å². The van der Waals surface area contributed by atoms with E-state index in [9.17, 15) is 14.8 Å². The molecule has 0 aliphatic carbocycles. The van der Waals surface area contributed by atoms with Crippen molar-refractivity contribution in [3.63, 3.8) is 0 Å². The first-order valence-corrected chi connectivity index (χ1v) is 10.7. The van der Waals surface area contributed by atoms with Crippen molar-refractivity contribution in [3.8, 4) is 0 Å². The summed E-state index contributed by atoms with van der Waals surface area (Å²) >= 11 is 0. The Balaban J connectivity index is 1.19. The van der Waals surface area contributed by atoms with Crippen LogP contribution in [0.25, 0.3) is 11.0 Å². The fraction of sp³-hybridized carbons (Fsp3) is 0.227. The Morgan fingerprint density at radius 2 is 1.91 bits per heavy atom. The van der Waals surface area contributed by atoms with Crippen molar-refractivity contribution in [1.82, 2.24) is 35.8 Å². The van der Waals surface area contributed by atoms with Crippen LogP contribution in [0.4, 0.5) is 5.69 Å². The zero-order valence-electron chi connectivity index (χ0n) is 18.0. The SMILES string of the molecule is O=C(NCCc1ccc(N([O-])O)cc1)c1n[nH]c2c1CCN(C(=O)c1ccc3n[nH]nc3c1)C2. The third kappa shape index (κ3) is 4.19. The van der Waals surface area contributed by atoms with Gasteiger partial charge in [0.25, 0.3) is 11.8 Å². The van der Waals surface area contributed by atoms with Crippen LogP contribution in [0, 0.1) is 5.21 Å². The molecule has 174 valence electrons. The summed E-state index contributed by atoms with van der Waals surface area (Å²) in [5.41, 5.74) is 4.79. The molecule has 0 atom stereocenters. The van der Waals surface area contributed by atoms with E-state index in [1.807, 2.05) is 0 Å². The molecule has 1 aliphatic rings. The van der Waals surface area contributed by atoms with Crippen LogP contribution in [0.5, 0.6) is 0 Å². The van der Waals surface area contributed by atoms with Gasteiger partial charge in [-0.2, -0.15) is 20.5 Å². The Morgan fingerprint density at radius 1 is 1.12 bits per heavy atom. The summed E-state index contributed by atoms with van der Waals surface area (Å²) in [6.45, 7) is 1.19. The standard InChI is InChI=1S/C22H21N8O4/c31-21(23-9-7-13-1-4-15(5-2-13)30(33)34)20-16-8-10-29(12-19(16)24-27-20)22(32)14-3-6-17-18(11-14)26-28-25-17/h1-6,11,33H,7-10,12H2,(H,23,31)(H,24,27)(H,25,26,28)/q-1. The summed E-state index contributed by atoms with van der Waals surface area (Å²) in [6.07, 6.45) is 1.07. The molecule has 34 heavy (non-hydrogen) atoms. The molecule has 12 heteroatoms. The van der Waals surface area contributed by atoms with Crippen LogP contribution < -0.4 is 10.5 Å². The van der Waals surface area contributed by atoms with Crippen LogP contribution in [0.15, 0.2) is 42.5 Å². The van der Waals surface area contributed by atoms with E-state index < -0.39 is 0 Å². The number of carbonyl (C=O) groups excluding carboxylic acids is 2. The van der Waals surface area contributed by atoms with Crippen LogP contribution in [-0.4, -0.2) is 60.6 Å². The van der Waals surface area contributed by atoms with Crippen molar-refractivity contribution in [1.29, 1.82) is 0 Å². The van der Waals surface area contributed by atoms with Crippen molar-refractivity contribution in [2.45, 2.75) is 19.4 Å². The molecule has 4 aromatic rings. The maximum Gasteiger partial charge on any atom is 0.272 e. The molecular formula is C22H21N8O4-. The molecule has 0 fully saturated rings. The van der Waals surface area contributed by atoms with E-state index >= 15 is 0 Å². The lowest BCUT2D eigenvalue weighted by molar-refractivity contribution is 0.0732. The molecule has 4 N–H and O–H groups in total. The average Bonchev–Trinajstić information content (AvgIpc) is 3.50. The summed E-state index contributed by atoms with van der Waals surface area (Å²) in [5, 5.41) is 40.1. The van der Waals surface area contributed by atoms with Gasteiger partial charge in [0, 0.05) is 24.2 Å². The maximum atomic E-state index is 13.0. The summed E-state index contributed by atoms with van der Waals surface area (Å²) in [6, 6.07) is 11.6. The topological polar surface area (TPSA) is 166 Å². The number of nitrogens with zero attached hydrogens (tertiary/aromatic N) is 5. The zero-order valence-corrected chi connectivity index (χ0v) is 18.0. The molecule has 0 spiro atoms. The van der Waals surface area contributed by atoms with Gasteiger partial charge in [0.05, 0.1) is 17.9 Å². The number of amides is 2. The maximum absolute atomic E-state index is 13.0. The number of aromatic amines is 2. The van der Waals surface area contributed by atoms with E-state index in [4.69, 9.17) is 5.21 Å². The highest BCUT2D eigenvalue weighted by molar-refractivity contribution is 5.98. The molecule has 3 heterocycles. The Morgan fingerprint density at radius 3 is 2.71 bits per heavy atom. The minimum absolute atomic E-state index is 0.122. The minimum Gasteiger partial charge on any atom is -0.733 e. The predicted molar refractivity (Wildman–Crippen MR) is 121 cm³/mol. The number of H-pyrrole nitrogens is 2. The third-order valence-corrected chi connectivity index (χ3v) is 5.86. The molecule has 0 saturated carbocycles. The Labute approximate surface area is 193 Å². The number of carbonyl (C=O) groups is 2. The molecule has 2 aromatic heterocycles. The summed E-state index contributed by atoms with van der Waals surface area (Å²) in [5.74, 6) is -0.407. The fourth-order valence-corrected chi connectivity index (χ4v) is 4.03. The van der Waals surface area contributed by atoms with Gasteiger partial charge in [-0.15, -0.1) is 0 Å². The van der Waals surface area contributed by atoms with Gasteiger partial charge >= 0.3 is 0 Å². The van der Waals surface area contributed by atoms with Crippen LogP contribution in [0.3, 0.4) is 0 Å². The van der Waals surface area contributed by atoms with Gasteiger partial charge < -0.3 is 20.7 Å². The Hall–Kier alpha value is -4.29. The second-order valence-electron chi connectivity index (χ2n) is 7.98. The number of nitrogens with one attached hydrogen (secondary N) is 3. The van der Waals surface area contributed by atoms with E-state index in [0.29, 0.717) is 54.8 Å². The van der Waals surface area contributed by atoms with Crippen LogP contribution in [-0.2, 0) is 19.4 Å². The first kappa shape index (κ1) is 21.6. The van der Waals surface area contributed by atoms with Crippen molar-refractivity contribution in [3.05, 3.63) is 75.8 Å². The van der Waals surface area contributed by atoms with Crippen molar-refractivity contribution in [2.24, 2.45) is 0 Å². The largest absolute Gasteiger partial charge is 0.733 e. The van der Waals surface area contributed by atoms with Crippen LogP contribution in [0.2, 0.25) is 0 Å². The van der Waals surface area contributed by atoms with Crippen molar-refractivity contribution >= 4 is 28.5 Å². The Bertz CT molecular complexity index is 1340. The number of aromatic nitrogens is 5. The lowest BCUT2D eigenvalue weighted by Crippen LogP contribution is -2.36. The molecule has 2 aromatic carbocycles. The van der Waals surface area contributed by atoms with Gasteiger partial charge in [0.2, 0.25) is 0 Å². The lowest BCUT2D eigenvalue weighted by Gasteiger charge is -2.27. The summed E-state index contributed by atoms with van der Waals surface area (Å²) < 4.78 is 0. The Kier molecular flexibility index (Phi) is 5.65. The molecule has 1 aliphatic heterocycles. The van der Waals surface area contributed by atoms with Crippen molar-refractivity contribution < 1.29 is 14.8 Å². The average molecular weight is 461 g/mol. The van der Waals surface area contributed by atoms with E-state index in [2.05, 4.69) is 30.9 Å². The van der Waals surface area contributed by atoms with Crippen LogP contribution >= 0.6 is 0 Å². The molecule has 0 unspecified atom stereocenters. The van der Waals surface area contributed by atoms with Gasteiger partial charge in [-0.05, 0) is 48.7 Å². The number of benzene rings is 2. The van der Waals surface area contributed by atoms with Gasteiger partial charge in [0.1, 0.15) is 11.0 Å². The molecule has 0 saturated heterocycles.